The van der Waals surface area contributed by atoms with Crippen LogP contribution in [0.4, 0.5) is 5.69 Å². The molecule has 2 heterocycles. The summed E-state index contributed by atoms with van der Waals surface area (Å²) in [4.78, 5) is 16.6. The summed E-state index contributed by atoms with van der Waals surface area (Å²) in [6.45, 7) is 4.75. The van der Waals surface area contributed by atoms with E-state index in [9.17, 15) is 4.79 Å². The number of hydrogen-bond donors (Lipinski definition) is 2. The van der Waals surface area contributed by atoms with Gasteiger partial charge in [-0.25, -0.2) is 0 Å². The fourth-order valence-corrected chi connectivity index (χ4v) is 3.29. The molecule has 0 spiro atoms. The van der Waals surface area contributed by atoms with Crippen LogP contribution < -0.4 is 10.6 Å². The van der Waals surface area contributed by atoms with Crippen molar-refractivity contribution in [2.24, 2.45) is 0 Å². The van der Waals surface area contributed by atoms with Gasteiger partial charge in [-0.2, -0.15) is 11.8 Å². The van der Waals surface area contributed by atoms with E-state index >= 15 is 0 Å². The highest BCUT2D eigenvalue weighted by atomic mass is 32.2. The van der Waals surface area contributed by atoms with E-state index in [2.05, 4.69) is 15.6 Å². The van der Waals surface area contributed by atoms with E-state index in [0.717, 1.165) is 42.3 Å². The smallest absolute Gasteiger partial charge is 0.255 e. The summed E-state index contributed by atoms with van der Waals surface area (Å²) >= 11 is 1.96. The fraction of sp³-hybridized carbons (Fsp3) is 0.571. The molecule has 1 saturated heterocycles. The molecule has 1 aromatic rings. The minimum atomic E-state index is -0.0136. The molecule has 2 N–H and O–H groups in total. The second-order valence-corrected chi connectivity index (χ2v) is 5.99. The zero-order valence-electron chi connectivity index (χ0n) is 11.5. The van der Waals surface area contributed by atoms with Crippen molar-refractivity contribution in [2.45, 2.75) is 32.7 Å². The number of hydrogen-bond acceptors (Lipinski definition) is 4. The van der Waals surface area contributed by atoms with Crippen LogP contribution in [0.5, 0.6) is 0 Å². The minimum absolute atomic E-state index is 0.0136. The Hall–Kier alpha value is -1.23. The average molecular weight is 279 g/mol. The second kappa shape index (κ2) is 6.80. The molecule has 5 heteroatoms. The van der Waals surface area contributed by atoms with Crippen LogP contribution in [0, 0.1) is 6.92 Å². The van der Waals surface area contributed by atoms with E-state index in [-0.39, 0.29) is 5.91 Å². The Labute approximate surface area is 118 Å². The summed E-state index contributed by atoms with van der Waals surface area (Å²) < 4.78 is 0. The lowest BCUT2D eigenvalue weighted by Gasteiger charge is -2.23. The Morgan fingerprint density at radius 2 is 2.21 bits per heavy atom. The summed E-state index contributed by atoms with van der Waals surface area (Å²) in [5.74, 6) is 2.26. The Morgan fingerprint density at radius 3 is 2.89 bits per heavy atom. The number of anilines is 1. The van der Waals surface area contributed by atoms with Crippen LogP contribution in [0.3, 0.4) is 0 Å². The zero-order valence-corrected chi connectivity index (χ0v) is 12.3. The normalized spacial score (nSPS) is 16.1. The number of pyridine rings is 1. The molecule has 104 valence electrons. The molecule has 1 aromatic heterocycles. The number of carbonyl (C=O) groups is 1. The fourth-order valence-electron chi connectivity index (χ4n) is 2.18. The van der Waals surface area contributed by atoms with E-state index in [1.165, 1.54) is 0 Å². The molecule has 0 radical (unpaired) electrons. The maximum absolute atomic E-state index is 12.3. The van der Waals surface area contributed by atoms with Crippen molar-refractivity contribution in [3.63, 3.8) is 0 Å². The standard InChI is InChI=1S/C14H21N3OS/c1-3-15-13-8-10(2)16-9-12(13)14(18)17-11-4-6-19-7-5-11/h8-9,11H,3-7H2,1-2H3,(H,15,16)(H,17,18). The van der Waals surface area contributed by atoms with Crippen LogP contribution in [0.15, 0.2) is 12.3 Å². The van der Waals surface area contributed by atoms with Crippen molar-refractivity contribution in [1.29, 1.82) is 0 Å². The SMILES string of the molecule is CCNc1cc(C)ncc1C(=O)NC1CCSCC1. The number of amides is 1. The van der Waals surface area contributed by atoms with Crippen LogP contribution in [0.2, 0.25) is 0 Å². The Balaban J connectivity index is 2.08. The zero-order chi connectivity index (χ0) is 13.7. The molecule has 1 fully saturated rings. The molecule has 1 amide bonds. The van der Waals surface area contributed by atoms with Gasteiger partial charge in [0, 0.05) is 24.5 Å². The number of nitrogens with zero attached hydrogens (tertiary/aromatic N) is 1. The molecular weight excluding hydrogens is 258 g/mol. The quantitative estimate of drug-likeness (QED) is 0.889. The number of rotatable bonds is 4. The number of aryl methyl sites for hydroxylation is 1. The number of aromatic nitrogens is 1. The number of carbonyl (C=O) groups excluding carboxylic acids is 1. The first kappa shape index (κ1) is 14.2. The maximum atomic E-state index is 12.3. The van der Waals surface area contributed by atoms with E-state index in [1.807, 2.05) is 31.7 Å². The highest BCUT2D eigenvalue weighted by Crippen LogP contribution is 2.19. The Bertz CT molecular complexity index is 444. The lowest BCUT2D eigenvalue weighted by molar-refractivity contribution is 0.0935. The predicted molar refractivity (Wildman–Crippen MR) is 81.0 cm³/mol. The highest BCUT2D eigenvalue weighted by molar-refractivity contribution is 7.99. The van der Waals surface area contributed by atoms with Crippen LogP contribution in [-0.4, -0.2) is 35.0 Å². The van der Waals surface area contributed by atoms with Gasteiger partial charge in [0.25, 0.3) is 5.91 Å². The lowest BCUT2D eigenvalue weighted by atomic mass is 10.1. The molecule has 0 aromatic carbocycles. The van der Waals surface area contributed by atoms with Crippen LogP contribution in [0.1, 0.15) is 35.8 Å². The van der Waals surface area contributed by atoms with Gasteiger partial charge in [-0.05, 0) is 44.3 Å². The summed E-state index contributed by atoms with van der Waals surface area (Å²) in [5.41, 5.74) is 2.44. The van der Waals surface area contributed by atoms with Gasteiger partial charge in [0.1, 0.15) is 0 Å². The van der Waals surface area contributed by atoms with Crippen molar-refractivity contribution < 1.29 is 4.79 Å². The summed E-state index contributed by atoms with van der Waals surface area (Å²) in [7, 11) is 0. The average Bonchev–Trinajstić information content (AvgIpc) is 2.40. The number of thioether (sulfide) groups is 1. The van der Waals surface area contributed by atoms with Gasteiger partial charge in [0.2, 0.25) is 0 Å². The van der Waals surface area contributed by atoms with Crippen LogP contribution in [-0.2, 0) is 0 Å². The summed E-state index contributed by atoms with van der Waals surface area (Å²) in [6.07, 6.45) is 3.79. The third-order valence-electron chi connectivity index (χ3n) is 3.21. The molecule has 0 atom stereocenters. The second-order valence-electron chi connectivity index (χ2n) is 4.76. The van der Waals surface area contributed by atoms with Gasteiger partial charge in [-0.3, -0.25) is 9.78 Å². The third-order valence-corrected chi connectivity index (χ3v) is 4.26. The van der Waals surface area contributed by atoms with Gasteiger partial charge in [0.15, 0.2) is 0 Å². The first-order chi connectivity index (χ1) is 9.20. The molecule has 0 saturated carbocycles. The van der Waals surface area contributed by atoms with E-state index in [1.54, 1.807) is 6.20 Å². The number of nitrogens with one attached hydrogen (secondary N) is 2. The van der Waals surface area contributed by atoms with Gasteiger partial charge < -0.3 is 10.6 Å². The van der Waals surface area contributed by atoms with Gasteiger partial charge in [0.05, 0.1) is 11.3 Å². The lowest BCUT2D eigenvalue weighted by Crippen LogP contribution is -2.37. The molecule has 0 bridgehead atoms. The monoisotopic (exact) mass is 279 g/mol. The van der Waals surface area contributed by atoms with Gasteiger partial charge >= 0.3 is 0 Å². The molecule has 0 aliphatic carbocycles. The van der Waals surface area contributed by atoms with Crippen molar-refractivity contribution >= 4 is 23.4 Å². The molecule has 0 unspecified atom stereocenters. The summed E-state index contributed by atoms with van der Waals surface area (Å²) in [6, 6.07) is 2.24. The first-order valence-corrected chi connectivity index (χ1v) is 7.95. The molecule has 2 rings (SSSR count). The van der Waals surface area contributed by atoms with Crippen LogP contribution >= 0.6 is 11.8 Å². The van der Waals surface area contributed by atoms with Gasteiger partial charge in [-0.1, -0.05) is 0 Å². The Morgan fingerprint density at radius 1 is 1.47 bits per heavy atom. The van der Waals surface area contributed by atoms with Crippen molar-refractivity contribution in [2.75, 3.05) is 23.4 Å². The van der Waals surface area contributed by atoms with E-state index in [4.69, 9.17) is 0 Å². The molecule has 1 aliphatic rings. The van der Waals surface area contributed by atoms with Crippen molar-refractivity contribution in [3.8, 4) is 0 Å². The largest absolute Gasteiger partial charge is 0.385 e. The van der Waals surface area contributed by atoms with Crippen LogP contribution in [0.25, 0.3) is 0 Å². The molecular formula is C14H21N3OS. The third kappa shape index (κ3) is 3.86. The minimum Gasteiger partial charge on any atom is -0.385 e. The summed E-state index contributed by atoms with van der Waals surface area (Å²) in [5, 5.41) is 6.35. The molecule has 4 nitrogen and oxygen atoms in total. The van der Waals surface area contributed by atoms with Gasteiger partial charge in [-0.15, -0.1) is 0 Å². The molecule has 1 aliphatic heterocycles. The first-order valence-electron chi connectivity index (χ1n) is 6.80. The van der Waals surface area contributed by atoms with E-state index in [0.29, 0.717) is 11.6 Å². The molecule has 19 heavy (non-hydrogen) atoms. The topological polar surface area (TPSA) is 54.0 Å². The predicted octanol–water partition coefficient (Wildman–Crippen LogP) is 2.45. The van der Waals surface area contributed by atoms with E-state index < -0.39 is 0 Å². The van der Waals surface area contributed by atoms with Crippen molar-refractivity contribution in [3.05, 3.63) is 23.5 Å². The maximum Gasteiger partial charge on any atom is 0.255 e. The Kier molecular flexibility index (Phi) is 5.07. The van der Waals surface area contributed by atoms with Crippen molar-refractivity contribution in [1.82, 2.24) is 10.3 Å². The highest BCUT2D eigenvalue weighted by Gasteiger charge is 2.19.